The van der Waals surface area contributed by atoms with Crippen LogP contribution in [0.25, 0.3) is 22.7 Å². The SMILES string of the molecule is NC(=O)c1cccc(-c2nc3nc(N4CCCC(C(=O)N5CCCC5)C4)ccc3[nH]2)n1. The van der Waals surface area contributed by atoms with Gasteiger partial charge in [-0.15, -0.1) is 0 Å². The van der Waals surface area contributed by atoms with Crippen LogP contribution < -0.4 is 10.6 Å². The van der Waals surface area contributed by atoms with Crippen LogP contribution in [-0.4, -0.2) is 62.8 Å². The molecular formula is C22H25N7O2. The fraction of sp³-hybridized carbons (Fsp3) is 0.409. The van der Waals surface area contributed by atoms with Crippen molar-refractivity contribution in [3.05, 3.63) is 36.0 Å². The highest BCUT2D eigenvalue weighted by Crippen LogP contribution is 2.26. The summed E-state index contributed by atoms with van der Waals surface area (Å²) in [5, 5.41) is 0. The Morgan fingerprint density at radius 2 is 1.84 bits per heavy atom. The molecule has 2 aliphatic heterocycles. The van der Waals surface area contributed by atoms with E-state index in [1.807, 2.05) is 17.0 Å². The maximum absolute atomic E-state index is 12.8. The van der Waals surface area contributed by atoms with Crippen LogP contribution in [0.3, 0.4) is 0 Å². The summed E-state index contributed by atoms with van der Waals surface area (Å²) in [6, 6.07) is 8.96. The minimum absolute atomic E-state index is 0.0276. The number of primary amides is 1. The molecule has 9 heteroatoms. The molecule has 0 bridgehead atoms. The monoisotopic (exact) mass is 419 g/mol. The summed E-state index contributed by atoms with van der Waals surface area (Å²) in [5.41, 5.74) is 7.41. The molecule has 3 N–H and O–H groups in total. The van der Waals surface area contributed by atoms with Crippen LogP contribution in [0.2, 0.25) is 0 Å². The Hall–Kier alpha value is -3.49. The molecule has 0 saturated carbocycles. The van der Waals surface area contributed by atoms with Crippen LogP contribution in [-0.2, 0) is 4.79 Å². The van der Waals surface area contributed by atoms with Crippen molar-refractivity contribution in [3.8, 4) is 11.5 Å². The molecule has 2 fully saturated rings. The molecule has 3 aromatic rings. The van der Waals surface area contributed by atoms with Gasteiger partial charge in [-0.3, -0.25) is 9.59 Å². The quantitative estimate of drug-likeness (QED) is 0.667. The fourth-order valence-electron chi connectivity index (χ4n) is 4.47. The number of pyridine rings is 2. The summed E-state index contributed by atoms with van der Waals surface area (Å²) in [6.45, 7) is 3.34. The third-order valence-electron chi connectivity index (χ3n) is 6.09. The molecule has 2 amide bonds. The Bertz CT molecular complexity index is 1140. The normalized spacial score (nSPS) is 19.2. The number of nitrogens with two attached hydrogens (primary N) is 1. The molecule has 0 aromatic carbocycles. The van der Waals surface area contributed by atoms with Gasteiger partial charge in [0.15, 0.2) is 11.5 Å². The molecule has 0 radical (unpaired) electrons. The number of aromatic amines is 1. The lowest BCUT2D eigenvalue weighted by Gasteiger charge is -2.34. The Kier molecular flexibility index (Phi) is 5.01. The van der Waals surface area contributed by atoms with E-state index in [4.69, 9.17) is 10.7 Å². The van der Waals surface area contributed by atoms with E-state index in [0.717, 1.165) is 56.7 Å². The predicted molar refractivity (Wildman–Crippen MR) is 116 cm³/mol. The third-order valence-corrected chi connectivity index (χ3v) is 6.09. The summed E-state index contributed by atoms with van der Waals surface area (Å²) in [5.74, 6) is 1.08. The number of rotatable bonds is 4. The number of imidazole rings is 1. The average molecular weight is 419 g/mol. The number of aromatic nitrogens is 4. The van der Waals surface area contributed by atoms with Crippen LogP contribution in [0.15, 0.2) is 30.3 Å². The van der Waals surface area contributed by atoms with Crippen molar-refractivity contribution < 1.29 is 9.59 Å². The number of hydrogen-bond donors (Lipinski definition) is 2. The first-order valence-corrected chi connectivity index (χ1v) is 10.8. The molecule has 31 heavy (non-hydrogen) atoms. The number of carbonyl (C=O) groups is 2. The van der Waals surface area contributed by atoms with Gasteiger partial charge in [0.1, 0.15) is 17.2 Å². The zero-order valence-corrected chi connectivity index (χ0v) is 17.3. The summed E-state index contributed by atoms with van der Waals surface area (Å²) in [4.78, 5) is 45.2. The minimum Gasteiger partial charge on any atom is -0.364 e. The molecular weight excluding hydrogens is 394 g/mol. The van der Waals surface area contributed by atoms with Gasteiger partial charge in [0.05, 0.1) is 11.4 Å². The van der Waals surface area contributed by atoms with E-state index in [2.05, 4.69) is 19.9 Å². The molecule has 5 rings (SSSR count). The summed E-state index contributed by atoms with van der Waals surface area (Å²) >= 11 is 0. The van der Waals surface area contributed by atoms with Gasteiger partial charge in [-0.05, 0) is 49.9 Å². The molecule has 2 aliphatic rings. The zero-order valence-electron chi connectivity index (χ0n) is 17.3. The van der Waals surface area contributed by atoms with Gasteiger partial charge >= 0.3 is 0 Å². The smallest absolute Gasteiger partial charge is 0.267 e. The number of anilines is 1. The van der Waals surface area contributed by atoms with Crippen LogP contribution >= 0.6 is 0 Å². The highest BCUT2D eigenvalue weighted by molar-refractivity contribution is 5.91. The molecule has 9 nitrogen and oxygen atoms in total. The van der Waals surface area contributed by atoms with Gasteiger partial charge in [-0.1, -0.05) is 6.07 Å². The van der Waals surface area contributed by atoms with Gasteiger partial charge in [0, 0.05) is 26.2 Å². The molecule has 5 heterocycles. The lowest BCUT2D eigenvalue weighted by molar-refractivity contribution is -0.134. The molecule has 1 unspecified atom stereocenters. The highest BCUT2D eigenvalue weighted by atomic mass is 16.2. The van der Waals surface area contributed by atoms with Crippen LogP contribution in [0.4, 0.5) is 5.82 Å². The molecule has 3 aromatic heterocycles. The van der Waals surface area contributed by atoms with Gasteiger partial charge in [-0.25, -0.2) is 15.0 Å². The Labute approximate surface area is 179 Å². The van der Waals surface area contributed by atoms with E-state index < -0.39 is 5.91 Å². The molecule has 0 aliphatic carbocycles. The molecule has 160 valence electrons. The number of nitrogens with zero attached hydrogens (tertiary/aromatic N) is 5. The van der Waals surface area contributed by atoms with Gasteiger partial charge in [0.25, 0.3) is 5.91 Å². The molecule has 1 atom stereocenters. The van der Waals surface area contributed by atoms with Crippen molar-refractivity contribution >= 4 is 28.8 Å². The van der Waals surface area contributed by atoms with Crippen molar-refractivity contribution in [1.82, 2.24) is 24.8 Å². The van der Waals surface area contributed by atoms with E-state index in [-0.39, 0.29) is 17.5 Å². The second kappa shape index (κ2) is 7.98. The number of piperidine rings is 1. The topological polar surface area (TPSA) is 121 Å². The second-order valence-electron chi connectivity index (χ2n) is 8.22. The third kappa shape index (κ3) is 3.83. The minimum atomic E-state index is -0.582. The van der Waals surface area contributed by atoms with E-state index in [9.17, 15) is 9.59 Å². The summed E-state index contributed by atoms with van der Waals surface area (Å²) in [6.07, 6.45) is 4.13. The van der Waals surface area contributed by atoms with Gasteiger partial charge < -0.3 is 20.5 Å². The first-order valence-electron chi connectivity index (χ1n) is 10.8. The van der Waals surface area contributed by atoms with Gasteiger partial charge in [-0.2, -0.15) is 0 Å². The van der Waals surface area contributed by atoms with Crippen molar-refractivity contribution in [2.24, 2.45) is 11.7 Å². The highest BCUT2D eigenvalue weighted by Gasteiger charge is 2.31. The van der Waals surface area contributed by atoms with Crippen LogP contribution in [0, 0.1) is 5.92 Å². The van der Waals surface area contributed by atoms with Crippen molar-refractivity contribution in [3.63, 3.8) is 0 Å². The first kappa shape index (κ1) is 19.5. The lowest BCUT2D eigenvalue weighted by atomic mass is 9.96. The number of H-pyrrole nitrogens is 1. The first-order chi connectivity index (χ1) is 15.1. The Balaban J connectivity index is 1.38. The lowest BCUT2D eigenvalue weighted by Crippen LogP contribution is -2.44. The van der Waals surface area contributed by atoms with E-state index in [1.165, 1.54) is 0 Å². The number of carbonyl (C=O) groups excluding carboxylic acids is 2. The largest absolute Gasteiger partial charge is 0.364 e. The van der Waals surface area contributed by atoms with Crippen LogP contribution in [0.1, 0.15) is 36.2 Å². The molecule has 2 saturated heterocycles. The van der Waals surface area contributed by atoms with E-state index in [0.29, 0.717) is 23.7 Å². The predicted octanol–water partition coefficient (Wildman–Crippen LogP) is 1.96. The number of likely N-dealkylation sites (tertiary alicyclic amines) is 1. The average Bonchev–Trinajstić information content (AvgIpc) is 3.48. The second-order valence-corrected chi connectivity index (χ2v) is 8.22. The zero-order chi connectivity index (χ0) is 21.4. The van der Waals surface area contributed by atoms with Crippen molar-refractivity contribution in [2.45, 2.75) is 25.7 Å². The summed E-state index contributed by atoms with van der Waals surface area (Å²) in [7, 11) is 0. The maximum Gasteiger partial charge on any atom is 0.267 e. The Morgan fingerprint density at radius 3 is 2.65 bits per heavy atom. The van der Waals surface area contributed by atoms with E-state index in [1.54, 1.807) is 18.2 Å². The van der Waals surface area contributed by atoms with Crippen molar-refractivity contribution in [2.75, 3.05) is 31.1 Å². The number of hydrogen-bond acceptors (Lipinski definition) is 6. The van der Waals surface area contributed by atoms with Crippen LogP contribution in [0.5, 0.6) is 0 Å². The number of nitrogens with one attached hydrogen (secondary N) is 1. The maximum atomic E-state index is 12.8. The van der Waals surface area contributed by atoms with E-state index >= 15 is 0 Å². The number of fused-ring (bicyclic) bond motifs is 1. The summed E-state index contributed by atoms with van der Waals surface area (Å²) < 4.78 is 0. The van der Waals surface area contributed by atoms with Crippen molar-refractivity contribution in [1.29, 1.82) is 0 Å². The standard InChI is InChI=1S/C22H25N7O2/c23-19(30)15-6-3-7-16(24-15)20-25-17-8-9-18(26-21(17)27-20)29-12-4-5-14(13-29)22(31)28-10-1-2-11-28/h3,6-9,14H,1-2,4-5,10-13H2,(H2,23,30)(H,25,26,27). The number of amides is 2. The molecule has 0 spiro atoms. The fourth-order valence-corrected chi connectivity index (χ4v) is 4.47. The Morgan fingerprint density at radius 1 is 1.00 bits per heavy atom. The van der Waals surface area contributed by atoms with Gasteiger partial charge in [0.2, 0.25) is 5.91 Å².